The summed E-state index contributed by atoms with van der Waals surface area (Å²) in [6.45, 7) is 3.65. The molecule has 1 atom stereocenters. The van der Waals surface area contributed by atoms with Gasteiger partial charge >= 0.3 is 6.03 Å². The van der Waals surface area contributed by atoms with Gasteiger partial charge in [0.1, 0.15) is 0 Å². The number of hydrogen-bond acceptors (Lipinski definition) is 6. The quantitative estimate of drug-likeness (QED) is 0.397. The van der Waals surface area contributed by atoms with E-state index in [0.717, 1.165) is 31.9 Å². The average Bonchev–Trinajstić information content (AvgIpc) is 2.79. The number of benzene rings is 2. The van der Waals surface area contributed by atoms with Crippen molar-refractivity contribution in [1.29, 1.82) is 0 Å². The van der Waals surface area contributed by atoms with Crippen molar-refractivity contribution in [2.75, 3.05) is 31.1 Å². The second-order valence-electron chi connectivity index (χ2n) is 7.12. The van der Waals surface area contributed by atoms with Gasteiger partial charge in [-0.2, -0.15) is 0 Å². The standard InChI is InChI=1S/C21H21N5O4/c27-20(14-4-6-16(7-5-14)25-10-8-22-9-11-25)18-13-23-21(28)24-19(18)15-2-1-3-17(12-15)26(29)30/h1-7,12-13,19,22H,8-11H2,(H2,23,24,28). The zero-order valence-electron chi connectivity index (χ0n) is 16.1. The van der Waals surface area contributed by atoms with Crippen LogP contribution >= 0.6 is 0 Å². The number of nitro groups is 1. The number of anilines is 1. The maximum Gasteiger partial charge on any atom is 0.319 e. The van der Waals surface area contributed by atoms with Crippen LogP contribution in [0.3, 0.4) is 0 Å². The molecule has 4 rings (SSSR count). The maximum absolute atomic E-state index is 13.2. The van der Waals surface area contributed by atoms with Crippen molar-refractivity contribution in [2.24, 2.45) is 0 Å². The molecule has 0 spiro atoms. The Morgan fingerprint density at radius 3 is 2.53 bits per heavy atom. The molecule has 2 aromatic rings. The van der Waals surface area contributed by atoms with E-state index < -0.39 is 17.0 Å². The molecule has 2 aliphatic heterocycles. The van der Waals surface area contributed by atoms with Crippen LogP contribution in [0.4, 0.5) is 16.2 Å². The van der Waals surface area contributed by atoms with E-state index in [1.165, 1.54) is 24.4 Å². The molecule has 2 aliphatic rings. The Hall–Kier alpha value is -3.72. The molecule has 2 heterocycles. The third-order valence-electron chi connectivity index (χ3n) is 5.23. The predicted octanol–water partition coefficient (Wildman–Crippen LogP) is 2.13. The second kappa shape index (κ2) is 8.34. The van der Waals surface area contributed by atoms with Crippen molar-refractivity contribution < 1.29 is 14.5 Å². The second-order valence-corrected chi connectivity index (χ2v) is 7.12. The molecule has 9 heteroatoms. The van der Waals surface area contributed by atoms with Gasteiger partial charge in [0.05, 0.1) is 11.0 Å². The topological polar surface area (TPSA) is 117 Å². The molecule has 3 N–H and O–H groups in total. The van der Waals surface area contributed by atoms with E-state index in [1.54, 1.807) is 18.2 Å². The smallest absolute Gasteiger partial charge is 0.319 e. The van der Waals surface area contributed by atoms with E-state index in [2.05, 4.69) is 20.9 Å². The number of nitrogens with one attached hydrogen (secondary N) is 3. The molecule has 0 saturated carbocycles. The molecule has 0 radical (unpaired) electrons. The summed E-state index contributed by atoms with van der Waals surface area (Å²) in [5.41, 5.74) is 2.20. The lowest BCUT2D eigenvalue weighted by Gasteiger charge is -2.29. The van der Waals surface area contributed by atoms with E-state index in [4.69, 9.17) is 0 Å². The summed E-state index contributed by atoms with van der Waals surface area (Å²) < 4.78 is 0. The number of hydrogen-bond donors (Lipinski definition) is 3. The fourth-order valence-corrected chi connectivity index (χ4v) is 3.67. The minimum absolute atomic E-state index is 0.104. The number of non-ortho nitro benzene ring substituents is 1. The van der Waals surface area contributed by atoms with Crippen LogP contribution in [0.5, 0.6) is 0 Å². The molecule has 0 aromatic heterocycles. The third kappa shape index (κ3) is 4.01. The molecule has 0 bridgehead atoms. The molecular formula is C21H21N5O4. The molecule has 0 aliphatic carbocycles. The number of nitro benzene ring substituents is 1. The lowest BCUT2D eigenvalue weighted by atomic mass is 9.91. The normalized spacial score (nSPS) is 18.8. The van der Waals surface area contributed by atoms with Crippen LogP contribution in [0, 0.1) is 10.1 Å². The van der Waals surface area contributed by atoms with Crippen molar-refractivity contribution in [3.63, 3.8) is 0 Å². The van der Waals surface area contributed by atoms with E-state index in [0.29, 0.717) is 16.7 Å². The van der Waals surface area contributed by atoms with Gasteiger partial charge in [-0.3, -0.25) is 14.9 Å². The Bertz CT molecular complexity index is 1010. The molecule has 2 amide bonds. The van der Waals surface area contributed by atoms with Gasteiger partial charge < -0.3 is 20.9 Å². The van der Waals surface area contributed by atoms with Gasteiger partial charge in [0.25, 0.3) is 5.69 Å². The van der Waals surface area contributed by atoms with Gasteiger partial charge in [0, 0.05) is 61.3 Å². The van der Waals surface area contributed by atoms with E-state index in [1.807, 2.05) is 12.1 Å². The number of carbonyl (C=O) groups excluding carboxylic acids is 2. The third-order valence-corrected chi connectivity index (χ3v) is 5.23. The number of nitrogens with zero attached hydrogens (tertiary/aromatic N) is 2. The Morgan fingerprint density at radius 2 is 1.83 bits per heavy atom. The number of amides is 2. The zero-order valence-corrected chi connectivity index (χ0v) is 16.1. The number of Topliss-reactive ketones (excluding diaryl/α,β-unsaturated/α-hetero) is 1. The average molecular weight is 407 g/mol. The number of ketones is 1. The van der Waals surface area contributed by atoms with Gasteiger partial charge in [0.2, 0.25) is 0 Å². The van der Waals surface area contributed by atoms with Crippen LogP contribution in [-0.4, -0.2) is 42.9 Å². The van der Waals surface area contributed by atoms with Crippen LogP contribution in [0.2, 0.25) is 0 Å². The molecule has 1 fully saturated rings. The molecule has 30 heavy (non-hydrogen) atoms. The highest BCUT2D eigenvalue weighted by Gasteiger charge is 2.29. The molecular weight excluding hydrogens is 386 g/mol. The van der Waals surface area contributed by atoms with Crippen molar-refractivity contribution >= 4 is 23.2 Å². The Labute approximate surface area is 172 Å². The van der Waals surface area contributed by atoms with Crippen LogP contribution < -0.4 is 20.9 Å². The first-order valence-electron chi connectivity index (χ1n) is 9.65. The fraction of sp³-hybridized carbons (Fsp3) is 0.238. The fourth-order valence-electron chi connectivity index (χ4n) is 3.67. The first kappa shape index (κ1) is 19.6. The van der Waals surface area contributed by atoms with Crippen molar-refractivity contribution in [1.82, 2.24) is 16.0 Å². The zero-order chi connectivity index (χ0) is 21.1. The van der Waals surface area contributed by atoms with Crippen LogP contribution in [0.25, 0.3) is 0 Å². The molecule has 2 aromatic carbocycles. The minimum Gasteiger partial charge on any atom is -0.369 e. The number of piperazine rings is 1. The summed E-state index contributed by atoms with van der Waals surface area (Å²) in [4.78, 5) is 37.9. The Balaban J connectivity index is 1.60. The first-order chi connectivity index (χ1) is 14.5. The van der Waals surface area contributed by atoms with Gasteiger partial charge in [-0.15, -0.1) is 0 Å². The summed E-state index contributed by atoms with van der Waals surface area (Å²) in [7, 11) is 0. The Morgan fingerprint density at radius 1 is 1.10 bits per heavy atom. The molecule has 9 nitrogen and oxygen atoms in total. The highest BCUT2D eigenvalue weighted by Crippen LogP contribution is 2.29. The van der Waals surface area contributed by atoms with Crippen molar-refractivity contribution in [2.45, 2.75) is 6.04 Å². The molecule has 154 valence electrons. The van der Waals surface area contributed by atoms with Gasteiger partial charge in [-0.1, -0.05) is 12.1 Å². The molecule has 1 saturated heterocycles. The van der Waals surface area contributed by atoms with Gasteiger partial charge in [0.15, 0.2) is 5.78 Å². The van der Waals surface area contributed by atoms with Crippen molar-refractivity contribution in [3.8, 4) is 0 Å². The largest absolute Gasteiger partial charge is 0.369 e. The van der Waals surface area contributed by atoms with Gasteiger partial charge in [-0.05, 0) is 29.8 Å². The summed E-state index contributed by atoms with van der Waals surface area (Å²) in [6.07, 6.45) is 1.37. The lowest BCUT2D eigenvalue weighted by molar-refractivity contribution is -0.384. The predicted molar refractivity (Wildman–Crippen MR) is 111 cm³/mol. The number of rotatable bonds is 5. The number of urea groups is 1. The minimum atomic E-state index is -0.779. The first-order valence-corrected chi connectivity index (χ1v) is 9.65. The molecule has 1 unspecified atom stereocenters. The van der Waals surface area contributed by atoms with Gasteiger partial charge in [-0.25, -0.2) is 4.79 Å². The summed E-state index contributed by atoms with van der Waals surface area (Å²) in [6, 6.07) is 12.0. The van der Waals surface area contributed by atoms with E-state index >= 15 is 0 Å². The summed E-state index contributed by atoms with van der Waals surface area (Å²) in [5.74, 6) is -0.258. The van der Waals surface area contributed by atoms with Crippen LogP contribution in [0.15, 0.2) is 60.3 Å². The van der Waals surface area contributed by atoms with Crippen LogP contribution in [0.1, 0.15) is 22.0 Å². The lowest BCUT2D eigenvalue weighted by Crippen LogP contribution is -2.43. The summed E-state index contributed by atoms with van der Waals surface area (Å²) >= 11 is 0. The van der Waals surface area contributed by atoms with E-state index in [9.17, 15) is 19.7 Å². The summed E-state index contributed by atoms with van der Waals surface area (Å²) in [5, 5.41) is 19.6. The highest BCUT2D eigenvalue weighted by molar-refractivity contribution is 6.10. The monoisotopic (exact) mass is 407 g/mol. The van der Waals surface area contributed by atoms with E-state index in [-0.39, 0.29) is 11.5 Å². The number of carbonyl (C=O) groups is 2. The highest BCUT2D eigenvalue weighted by atomic mass is 16.6. The SMILES string of the molecule is O=C1NC=C(C(=O)c2ccc(N3CCNCC3)cc2)C(c2cccc([N+](=O)[O-])c2)N1. The maximum atomic E-state index is 13.2. The van der Waals surface area contributed by atoms with Crippen LogP contribution in [-0.2, 0) is 0 Å². The Kier molecular flexibility index (Phi) is 5.44. The van der Waals surface area contributed by atoms with Crippen molar-refractivity contribution in [3.05, 3.63) is 81.5 Å².